The molecule has 1 N–H and O–H groups in total. The van der Waals surface area contributed by atoms with Crippen LogP contribution in [-0.2, 0) is 30.8 Å². The monoisotopic (exact) mass is 375 g/mol. The molecule has 0 amide bonds. The van der Waals surface area contributed by atoms with Crippen LogP contribution in [0.2, 0.25) is 5.02 Å². The van der Waals surface area contributed by atoms with Crippen LogP contribution in [0.4, 0.5) is 0 Å². The third-order valence-electron chi connectivity index (χ3n) is 3.60. The van der Waals surface area contributed by atoms with E-state index in [-0.39, 0.29) is 6.61 Å². The maximum absolute atomic E-state index is 12.4. The predicted octanol–water partition coefficient (Wildman–Crippen LogP) is 2.17. The average Bonchev–Trinajstić information content (AvgIpc) is 2.48. The van der Waals surface area contributed by atoms with Gasteiger partial charge in [0.1, 0.15) is 11.3 Å². The fraction of sp³-hybridized carbons (Fsp3) is 0.562. The maximum atomic E-state index is 12.4. The molecule has 0 radical (unpaired) electrons. The highest BCUT2D eigenvalue weighted by Gasteiger charge is 2.43. The zero-order valence-electron chi connectivity index (χ0n) is 14.2. The Morgan fingerprint density at radius 2 is 2.08 bits per heavy atom. The molecule has 1 saturated heterocycles. The fourth-order valence-corrected chi connectivity index (χ4v) is 3.16. The van der Waals surface area contributed by atoms with Crippen molar-refractivity contribution in [2.45, 2.75) is 31.1 Å². The van der Waals surface area contributed by atoms with Gasteiger partial charge in [0.15, 0.2) is 6.61 Å². The van der Waals surface area contributed by atoms with Gasteiger partial charge in [-0.1, -0.05) is 17.7 Å². The standard InChI is InChI=1S/C16H22ClNO5S/c1-15(2,3)24(20)18-16(9-22-10-16)11-5-6-13(12(17)7-11)23-8-14(19)21-4/h5-7,18H,8-10H2,1-4H3. The minimum atomic E-state index is -1.24. The van der Waals surface area contributed by atoms with Gasteiger partial charge in [-0.05, 0) is 38.5 Å². The molecule has 1 aromatic carbocycles. The SMILES string of the molecule is COC(=O)COc1ccc(C2(NS(=O)C(C)(C)C)COC2)cc1Cl. The molecule has 134 valence electrons. The van der Waals surface area contributed by atoms with Gasteiger partial charge in [-0.25, -0.2) is 13.7 Å². The number of carbonyl (C=O) groups excluding carboxylic acids is 1. The van der Waals surface area contributed by atoms with E-state index >= 15 is 0 Å². The van der Waals surface area contributed by atoms with E-state index in [1.165, 1.54) is 7.11 Å². The summed E-state index contributed by atoms with van der Waals surface area (Å²) in [6.45, 7) is 6.32. The molecule has 1 aromatic rings. The summed E-state index contributed by atoms with van der Waals surface area (Å²) in [7, 11) is 0.0452. The van der Waals surface area contributed by atoms with E-state index in [4.69, 9.17) is 21.1 Å². The fourth-order valence-electron chi connectivity index (χ4n) is 2.03. The van der Waals surface area contributed by atoms with E-state index in [2.05, 4.69) is 9.46 Å². The molecular formula is C16H22ClNO5S. The Hall–Kier alpha value is -1.15. The molecule has 1 atom stereocenters. The minimum absolute atomic E-state index is 0.212. The summed E-state index contributed by atoms with van der Waals surface area (Å²) in [5, 5.41) is 0.367. The van der Waals surface area contributed by atoms with E-state index < -0.39 is 27.2 Å². The zero-order valence-corrected chi connectivity index (χ0v) is 15.8. The lowest BCUT2D eigenvalue weighted by Gasteiger charge is -2.43. The average molecular weight is 376 g/mol. The van der Waals surface area contributed by atoms with Gasteiger partial charge in [0.25, 0.3) is 0 Å². The molecule has 1 aliphatic heterocycles. The molecule has 2 rings (SSSR count). The van der Waals surface area contributed by atoms with Crippen LogP contribution in [-0.4, -0.2) is 41.9 Å². The Morgan fingerprint density at radius 3 is 2.54 bits per heavy atom. The second kappa shape index (κ2) is 7.39. The van der Waals surface area contributed by atoms with Gasteiger partial charge < -0.3 is 14.2 Å². The third-order valence-corrected chi connectivity index (χ3v) is 5.58. The van der Waals surface area contributed by atoms with E-state index in [1.54, 1.807) is 12.1 Å². The van der Waals surface area contributed by atoms with Crippen molar-refractivity contribution < 1.29 is 23.2 Å². The number of hydrogen-bond acceptors (Lipinski definition) is 5. The number of hydrogen-bond donors (Lipinski definition) is 1. The number of esters is 1. The largest absolute Gasteiger partial charge is 0.480 e. The summed E-state index contributed by atoms with van der Waals surface area (Å²) in [4.78, 5) is 11.1. The lowest BCUT2D eigenvalue weighted by Crippen LogP contribution is -2.59. The topological polar surface area (TPSA) is 73.9 Å². The van der Waals surface area contributed by atoms with Gasteiger partial charge in [-0.3, -0.25) is 0 Å². The molecular weight excluding hydrogens is 354 g/mol. The molecule has 6 nitrogen and oxygen atoms in total. The summed E-state index contributed by atoms with van der Waals surface area (Å²) in [5.74, 6) is -0.0978. The molecule has 8 heteroatoms. The Bertz CT molecular complexity index is 640. The van der Waals surface area contributed by atoms with Crippen molar-refractivity contribution in [3.63, 3.8) is 0 Å². The maximum Gasteiger partial charge on any atom is 0.343 e. The van der Waals surface area contributed by atoms with Crippen molar-refractivity contribution in [3.8, 4) is 5.75 Å². The summed E-state index contributed by atoms with van der Waals surface area (Å²) in [6, 6.07) is 5.25. The summed E-state index contributed by atoms with van der Waals surface area (Å²) < 4.78 is 30.4. The summed E-state index contributed by atoms with van der Waals surface area (Å²) >= 11 is 6.25. The Labute approximate surface area is 149 Å². The summed E-state index contributed by atoms with van der Waals surface area (Å²) in [6.07, 6.45) is 0. The normalized spacial score (nSPS) is 17.7. The van der Waals surface area contributed by atoms with Crippen molar-refractivity contribution in [3.05, 3.63) is 28.8 Å². The van der Waals surface area contributed by atoms with E-state index in [1.807, 2.05) is 26.8 Å². The summed E-state index contributed by atoms with van der Waals surface area (Å²) in [5.41, 5.74) is 0.324. The van der Waals surface area contributed by atoms with Crippen molar-refractivity contribution in [1.82, 2.24) is 4.72 Å². The number of benzene rings is 1. The highest BCUT2D eigenvalue weighted by atomic mass is 35.5. The predicted molar refractivity (Wildman–Crippen MR) is 92.5 cm³/mol. The van der Waals surface area contributed by atoms with Crippen LogP contribution in [0.3, 0.4) is 0 Å². The molecule has 0 aliphatic carbocycles. The van der Waals surface area contributed by atoms with Gasteiger partial charge in [-0.15, -0.1) is 0 Å². The van der Waals surface area contributed by atoms with Crippen LogP contribution in [0, 0.1) is 0 Å². The van der Waals surface area contributed by atoms with Crippen molar-refractivity contribution >= 4 is 28.6 Å². The van der Waals surface area contributed by atoms with Crippen LogP contribution >= 0.6 is 11.6 Å². The van der Waals surface area contributed by atoms with E-state index in [0.29, 0.717) is 24.0 Å². The minimum Gasteiger partial charge on any atom is -0.480 e. The quantitative estimate of drug-likeness (QED) is 0.771. The second-order valence-electron chi connectivity index (χ2n) is 6.57. The number of methoxy groups -OCH3 is 1. The lowest BCUT2D eigenvalue weighted by atomic mass is 9.89. The first-order chi connectivity index (χ1) is 11.2. The molecule has 0 bridgehead atoms. The number of carbonyl (C=O) groups is 1. The Balaban J connectivity index is 2.16. The Kier molecular flexibility index (Phi) is 5.91. The van der Waals surface area contributed by atoms with Gasteiger partial charge >= 0.3 is 5.97 Å². The number of ether oxygens (including phenoxy) is 3. The number of halogens is 1. The van der Waals surface area contributed by atoms with Crippen molar-refractivity contribution in [1.29, 1.82) is 0 Å². The molecule has 0 saturated carbocycles. The molecule has 0 aromatic heterocycles. The first kappa shape index (κ1) is 19.2. The van der Waals surface area contributed by atoms with Crippen molar-refractivity contribution in [2.24, 2.45) is 0 Å². The molecule has 1 unspecified atom stereocenters. The highest BCUT2D eigenvalue weighted by Crippen LogP contribution is 2.35. The zero-order chi connectivity index (χ0) is 18.0. The van der Waals surface area contributed by atoms with Gasteiger partial charge in [0, 0.05) is 0 Å². The van der Waals surface area contributed by atoms with Crippen LogP contribution in [0.5, 0.6) is 5.75 Å². The lowest BCUT2D eigenvalue weighted by molar-refractivity contribution is -0.142. The van der Waals surface area contributed by atoms with Crippen LogP contribution in [0.25, 0.3) is 0 Å². The number of rotatable bonds is 6. The van der Waals surface area contributed by atoms with Gasteiger partial charge in [-0.2, -0.15) is 0 Å². The Morgan fingerprint density at radius 1 is 1.42 bits per heavy atom. The van der Waals surface area contributed by atoms with Crippen LogP contribution < -0.4 is 9.46 Å². The van der Waals surface area contributed by atoms with E-state index in [9.17, 15) is 9.00 Å². The van der Waals surface area contributed by atoms with Crippen LogP contribution in [0.1, 0.15) is 26.3 Å². The van der Waals surface area contributed by atoms with Crippen LogP contribution in [0.15, 0.2) is 18.2 Å². The van der Waals surface area contributed by atoms with E-state index in [0.717, 1.165) is 5.56 Å². The molecule has 24 heavy (non-hydrogen) atoms. The van der Waals surface area contributed by atoms with Gasteiger partial charge in [0.05, 0.1) is 41.1 Å². The molecule has 1 fully saturated rings. The molecule has 0 spiro atoms. The smallest absolute Gasteiger partial charge is 0.343 e. The molecule has 1 heterocycles. The second-order valence-corrected chi connectivity index (χ2v) is 8.94. The molecule has 1 aliphatic rings. The van der Waals surface area contributed by atoms with Gasteiger partial charge in [0.2, 0.25) is 0 Å². The first-order valence-corrected chi connectivity index (χ1v) is 8.98. The van der Waals surface area contributed by atoms with Crippen molar-refractivity contribution in [2.75, 3.05) is 26.9 Å². The highest BCUT2D eigenvalue weighted by molar-refractivity contribution is 7.84. The first-order valence-electron chi connectivity index (χ1n) is 7.45. The number of nitrogens with one attached hydrogen (secondary N) is 1. The third kappa shape index (κ3) is 4.27.